The summed E-state index contributed by atoms with van der Waals surface area (Å²) in [5, 5.41) is 11.4. The Bertz CT molecular complexity index is 795. The van der Waals surface area contributed by atoms with E-state index in [0.29, 0.717) is 19.8 Å². The van der Waals surface area contributed by atoms with Gasteiger partial charge < -0.3 is 20.1 Å². The predicted octanol–water partition coefficient (Wildman–Crippen LogP) is 2.51. The molecule has 0 aliphatic carbocycles. The molecule has 0 spiro atoms. The average Bonchev–Trinajstić information content (AvgIpc) is 3.09. The van der Waals surface area contributed by atoms with Gasteiger partial charge in [0.1, 0.15) is 18.2 Å². The zero-order valence-electron chi connectivity index (χ0n) is 17.4. The smallest absolute Gasteiger partial charge is 0.191 e. The summed E-state index contributed by atoms with van der Waals surface area (Å²) < 4.78 is 12.8. The Kier molecular flexibility index (Phi) is 9.65. The molecule has 3 rings (SSSR count). The quantitative estimate of drug-likeness (QED) is 0.320. The highest BCUT2D eigenvalue weighted by molar-refractivity contribution is 14.0. The van der Waals surface area contributed by atoms with Crippen molar-refractivity contribution in [1.82, 2.24) is 25.4 Å². The summed E-state index contributed by atoms with van der Waals surface area (Å²) in [6, 6.07) is 8.29. The van der Waals surface area contributed by atoms with Crippen LogP contribution in [0.5, 0.6) is 5.75 Å². The number of benzene rings is 1. The molecule has 1 aromatic carbocycles. The molecule has 9 heteroatoms. The second-order valence-corrected chi connectivity index (χ2v) is 6.68. The SMILES string of the molecule is CCNC(=NCc1ccccc1OCC)NC1CCc2nc(COC)nn2C1.I. The molecule has 2 N–H and O–H groups in total. The average molecular weight is 514 g/mol. The van der Waals surface area contributed by atoms with Gasteiger partial charge >= 0.3 is 0 Å². The third-order valence-corrected chi connectivity index (χ3v) is 4.54. The lowest BCUT2D eigenvalue weighted by Gasteiger charge is -2.25. The lowest BCUT2D eigenvalue weighted by molar-refractivity contribution is 0.177. The number of guanidine groups is 1. The molecule has 1 atom stereocenters. The highest BCUT2D eigenvalue weighted by atomic mass is 127. The van der Waals surface area contributed by atoms with E-state index >= 15 is 0 Å². The first-order valence-corrected chi connectivity index (χ1v) is 9.90. The minimum Gasteiger partial charge on any atom is -0.494 e. The number of hydrogen-bond acceptors (Lipinski definition) is 5. The van der Waals surface area contributed by atoms with Crippen LogP contribution in [0, 0.1) is 0 Å². The minimum absolute atomic E-state index is 0. The van der Waals surface area contributed by atoms with Crippen LogP contribution in [0.25, 0.3) is 0 Å². The molecule has 2 aromatic rings. The van der Waals surface area contributed by atoms with Crippen molar-refractivity contribution in [3.63, 3.8) is 0 Å². The number of aryl methyl sites for hydroxylation is 1. The Morgan fingerprint density at radius 1 is 1.31 bits per heavy atom. The standard InChI is InChI=1S/C20H30N6O2.HI/c1-4-21-20(22-12-15-8-6-7-9-17(15)28-5-2)23-16-10-11-19-24-18(14-27-3)25-26(19)13-16;/h6-9,16H,4-5,10-14H2,1-3H3,(H2,21,22,23);1H. The maximum Gasteiger partial charge on any atom is 0.191 e. The van der Waals surface area contributed by atoms with E-state index in [1.54, 1.807) is 7.11 Å². The fourth-order valence-electron chi connectivity index (χ4n) is 3.28. The summed E-state index contributed by atoms with van der Waals surface area (Å²) >= 11 is 0. The Morgan fingerprint density at radius 2 is 2.14 bits per heavy atom. The van der Waals surface area contributed by atoms with Crippen LogP contribution in [-0.4, -0.2) is 47.0 Å². The number of fused-ring (bicyclic) bond motifs is 1. The summed E-state index contributed by atoms with van der Waals surface area (Å²) in [5.74, 6) is 3.46. The summed E-state index contributed by atoms with van der Waals surface area (Å²) in [7, 11) is 1.66. The van der Waals surface area contributed by atoms with Gasteiger partial charge in [-0.1, -0.05) is 18.2 Å². The van der Waals surface area contributed by atoms with E-state index in [2.05, 4.69) is 33.7 Å². The topological polar surface area (TPSA) is 85.6 Å². The van der Waals surface area contributed by atoms with Crippen LogP contribution in [0.1, 0.15) is 37.5 Å². The second-order valence-electron chi connectivity index (χ2n) is 6.68. The molecule has 0 saturated carbocycles. The first-order chi connectivity index (χ1) is 13.7. The first-order valence-electron chi connectivity index (χ1n) is 9.90. The molecule has 1 aromatic heterocycles. The van der Waals surface area contributed by atoms with Gasteiger partial charge in [0.05, 0.1) is 19.7 Å². The molecule has 0 fully saturated rings. The molecule has 29 heavy (non-hydrogen) atoms. The van der Waals surface area contributed by atoms with Crippen LogP contribution in [0.3, 0.4) is 0 Å². The summed E-state index contributed by atoms with van der Waals surface area (Å²) in [6.45, 7) is 7.28. The maximum atomic E-state index is 5.70. The maximum absolute atomic E-state index is 5.70. The largest absolute Gasteiger partial charge is 0.494 e. The second kappa shape index (κ2) is 12.0. The van der Waals surface area contributed by atoms with E-state index in [-0.39, 0.29) is 30.0 Å². The Labute approximate surface area is 189 Å². The number of aromatic nitrogens is 3. The van der Waals surface area contributed by atoms with Crippen molar-refractivity contribution in [2.24, 2.45) is 4.99 Å². The summed E-state index contributed by atoms with van der Waals surface area (Å²) in [6.07, 6.45) is 1.88. The molecular formula is C20H31IN6O2. The van der Waals surface area contributed by atoms with Crippen LogP contribution >= 0.6 is 24.0 Å². The highest BCUT2D eigenvalue weighted by Gasteiger charge is 2.22. The van der Waals surface area contributed by atoms with Crippen LogP contribution in [0.4, 0.5) is 0 Å². The third kappa shape index (κ3) is 6.56. The number of rotatable bonds is 8. The van der Waals surface area contributed by atoms with Gasteiger partial charge in [0.25, 0.3) is 0 Å². The molecule has 0 bridgehead atoms. The van der Waals surface area contributed by atoms with E-state index in [1.807, 2.05) is 29.8 Å². The number of aliphatic imine (C=N–C) groups is 1. The zero-order valence-corrected chi connectivity index (χ0v) is 19.7. The fourth-order valence-corrected chi connectivity index (χ4v) is 3.28. The number of hydrogen-bond donors (Lipinski definition) is 2. The van der Waals surface area contributed by atoms with Crippen LogP contribution < -0.4 is 15.4 Å². The normalized spacial score (nSPS) is 16.0. The van der Waals surface area contributed by atoms with Crippen molar-refractivity contribution >= 4 is 29.9 Å². The number of ether oxygens (including phenoxy) is 2. The van der Waals surface area contributed by atoms with Crippen molar-refractivity contribution in [1.29, 1.82) is 0 Å². The summed E-state index contributed by atoms with van der Waals surface area (Å²) in [5.41, 5.74) is 1.08. The molecule has 160 valence electrons. The van der Waals surface area contributed by atoms with Crippen molar-refractivity contribution < 1.29 is 9.47 Å². The van der Waals surface area contributed by atoms with E-state index in [0.717, 1.165) is 54.9 Å². The molecule has 0 saturated heterocycles. The van der Waals surface area contributed by atoms with Crippen molar-refractivity contribution in [2.75, 3.05) is 20.3 Å². The van der Waals surface area contributed by atoms with Crippen LogP contribution in [0.2, 0.25) is 0 Å². The van der Waals surface area contributed by atoms with Crippen LogP contribution in [0.15, 0.2) is 29.3 Å². The molecular weight excluding hydrogens is 483 g/mol. The van der Waals surface area contributed by atoms with Gasteiger partial charge in [-0.05, 0) is 26.3 Å². The number of nitrogens with zero attached hydrogens (tertiary/aromatic N) is 4. The molecule has 0 radical (unpaired) electrons. The zero-order chi connectivity index (χ0) is 19.8. The minimum atomic E-state index is 0. The Hall–Kier alpha value is -1.88. The van der Waals surface area contributed by atoms with Gasteiger partial charge in [-0.15, -0.1) is 24.0 Å². The Morgan fingerprint density at radius 3 is 2.90 bits per heavy atom. The number of para-hydroxylation sites is 1. The number of methoxy groups -OCH3 is 1. The monoisotopic (exact) mass is 514 g/mol. The fraction of sp³-hybridized carbons (Fsp3) is 0.550. The first kappa shape index (κ1) is 23.4. The van der Waals surface area contributed by atoms with E-state index < -0.39 is 0 Å². The van der Waals surface area contributed by atoms with Gasteiger partial charge in [0, 0.05) is 31.7 Å². The number of halogens is 1. The molecule has 2 heterocycles. The predicted molar refractivity (Wildman–Crippen MR) is 124 cm³/mol. The van der Waals surface area contributed by atoms with Crippen LogP contribution in [-0.2, 0) is 30.9 Å². The molecule has 0 amide bonds. The summed E-state index contributed by atoms with van der Waals surface area (Å²) in [4.78, 5) is 9.29. The lowest BCUT2D eigenvalue weighted by atomic mass is 10.1. The van der Waals surface area contributed by atoms with E-state index in [4.69, 9.17) is 14.5 Å². The lowest BCUT2D eigenvalue weighted by Crippen LogP contribution is -2.47. The van der Waals surface area contributed by atoms with Gasteiger partial charge in [-0.25, -0.2) is 14.7 Å². The number of nitrogens with one attached hydrogen (secondary N) is 2. The van der Waals surface area contributed by atoms with Crippen molar-refractivity contribution in [3.8, 4) is 5.75 Å². The van der Waals surface area contributed by atoms with Crippen molar-refractivity contribution in [3.05, 3.63) is 41.5 Å². The highest BCUT2D eigenvalue weighted by Crippen LogP contribution is 2.19. The molecule has 8 nitrogen and oxygen atoms in total. The van der Waals surface area contributed by atoms with Gasteiger partial charge in [-0.3, -0.25) is 0 Å². The van der Waals surface area contributed by atoms with Crippen molar-refractivity contribution in [2.45, 2.75) is 52.4 Å². The third-order valence-electron chi connectivity index (χ3n) is 4.54. The van der Waals surface area contributed by atoms with E-state index in [1.165, 1.54) is 0 Å². The van der Waals surface area contributed by atoms with E-state index in [9.17, 15) is 0 Å². The van der Waals surface area contributed by atoms with Gasteiger partial charge in [-0.2, -0.15) is 5.10 Å². The molecule has 1 aliphatic heterocycles. The van der Waals surface area contributed by atoms with Gasteiger partial charge in [0.15, 0.2) is 11.8 Å². The Balaban J connectivity index is 0.00000300. The molecule has 1 unspecified atom stereocenters. The molecule has 1 aliphatic rings. The van der Waals surface area contributed by atoms with Gasteiger partial charge in [0.2, 0.25) is 0 Å².